The summed E-state index contributed by atoms with van der Waals surface area (Å²) in [6.45, 7) is 1.59. The molecule has 1 aromatic heterocycles. The topological polar surface area (TPSA) is 79.7 Å². The number of pyridine rings is 1. The zero-order valence-corrected chi connectivity index (χ0v) is 10.9. The van der Waals surface area contributed by atoms with Gasteiger partial charge in [0, 0.05) is 30.2 Å². The van der Waals surface area contributed by atoms with E-state index in [2.05, 4.69) is 4.98 Å². The Bertz CT molecular complexity index is 657. The number of hydrogen-bond acceptors (Lipinski definition) is 5. The van der Waals surface area contributed by atoms with Gasteiger partial charge in [0.15, 0.2) is 0 Å². The molecule has 0 atom stereocenters. The number of halogens is 1. The molecule has 0 aliphatic heterocycles. The molecule has 0 saturated heterocycles. The molecule has 0 aliphatic rings. The van der Waals surface area contributed by atoms with E-state index >= 15 is 0 Å². The highest BCUT2D eigenvalue weighted by atomic mass is 19.1. The number of carbonyl (C=O) groups excluding carboxylic acids is 1. The highest BCUT2D eigenvalue weighted by Gasteiger charge is 2.18. The summed E-state index contributed by atoms with van der Waals surface area (Å²) >= 11 is 0. The largest absolute Gasteiger partial charge is 0.506 e. The van der Waals surface area contributed by atoms with E-state index in [1.807, 2.05) is 0 Å². The Hall–Kier alpha value is -2.21. The molecule has 1 aromatic carbocycles. The molecule has 0 aliphatic carbocycles. The first kappa shape index (κ1) is 14.2. The fourth-order valence-electron chi connectivity index (χ4n) is 1.99. The van der Waals surface area contributed by atoms with Gasteiger partial charge in [0.05, 0.1) is 12.1 Å². The van der Waals surface area contributed by atoms with Crippen molar-refractivity contribution in [2.24, 2.45) is 0 Å². The van der Waals surface area contributed by atoms with Gasteiger partial charge < -0.3 is 14.9 Å². The van der Waals surface area contributed by atoms with Crippen LogP contribution in [0.2, 0.25) is 0 Å². The lowest BCUT2D eigenvalue weighted by Gasteiger charge is -2.10. The minimum Gasteiger partial charge on any atom is -0.506 e. The number of ether oxygens (including phenoxy) is 1. The third-order valence-corrected chi connectivity index (χ3v) is 2.92. The van der Waals surface area contributed by atoms with Gasteiger partial charge in [-0.25, -0.2) is 9.18 Å². The van der Waals surface area contributed by atoms with Gasteiger partial charge in [0.2, 0.25) is 0 Å². The van der Waals surface area contributed by atoms with Crippen LogP contribution in [0, 0.1) is 5.82 Å². The lowest BCUT2D eigenvalue weighted by atomic mass is 10.0. The number of aromatic nitrogens is 1. The number of fused-ring (bicyclic) bond motifs is 1. The molecule has 0 radical (unpaired) electrons. The molecule has 0 saturated carbocycles. The minimum absolute atomic E-state index is 0.0686. The zero-order chi connectivity index (χ0) is 14.7. The molecule has 6 heteroatoms. The number of hydrogen-bond donors (Lipinski definition) is 2. The highest BCUT2D eigenvalue weighted by Crippen LogP contribution is 2.30. The summed E-state index contributed by atoms with van der Waals surface area (Å²) in [5.74, 6) is -1.50. The fraction of sp³-hybridized carbons (Fsp3) is 0.286. The predicted octanol–water partition coefficient (Wildman–Crippen LogP) is 1.79. The fourth-order valence-corrected chi connectivity index (χ4v) is 1.99. The average Bonchev–Trinajstić information content (AvgIpc) is 2.42. The van der Waals surface area contributed by atoms with Gasteiger partial charge >= 0.3 is 5.97 Å². The third-order valence-electron chi connectivity index (χ3n) is 2.92. The van der Waals surface area contributed by atoms with Gasteiger partial charge in [-0.2, -0.15) is 0 Å². The molecule has 0 unspecified atom stereocenters. The van der Waals surface area contributed by atoms with Crippen LogP contribution in [-0.4, -0.2) is 34.4 Å². The minimum atomic E-state index is -0.688. The van der Waals surface area contributed by atoms with E-state index in [0.29, 0.717) is 0 Å². The Morgan fingerprint density at radius 1 is 1.45 bits per heavy atom. The maximum Gasteiger partial charge on any atom is 0.343 e. The van der Waals surface area contributed by atoms with Crippen LogP contribution in [-0.2, 0) is 11.2 Å². The molecule has 0 fully saturated rings. The molecule has 20 heavy (non-hydrogen) atoms. The first-order valence-electron chi connectivity index (χ1n) is 6.17. The number of rotatable bonds is 4. The summed E-state index contributed by atoms with van der Waals surface area (Å²) in [4.78, 5) is 15.7. The van der Waals surface area contributed by atoms with E-state index in [0.717, 1.165) is 6.20 Å². The van der Waals surface area contributed by atoms with Crippen molar-refractivity contribution in [3.8, 4) is 5.75 Å². The Morgan fingerprint density at radius 2 is 2.20 bits per heavy atom. The molecular weight excluding hydrogens is 265 g/mol. The second-order valence-electron chi connectivity index (χ2n) is 4.14. The Kier molecular flexibility index (Phi) is 4.14. The molecule has 2 rings (SSSR count). The van der Waals surface area contributed by atoms with Gasteiger partial charge in [0.1, 0.15) is 17.1 Å². The van der Waals surface area contributed by atoms with Crippen LogP contribution in [0.5, 0.6) is 5.75 Å². The molecule has 0 amide bonds. The van der Waals surface area contributed by atoms with Crippen molar-refractivity contribution < 1.29 is 24.1 Å². The Balaban J connectivity index is 2.63. The maximum absolute atomic E-state index is 13.7. The monoisotopic (exact) mass is 279 g/mol. The first-order valence-corrected chi connectivity index (χ1v) is 6.17. The number of benzene rings is 1. The van der Waals surface area contributed by atoms with Crippen molar-refractivity contribution in [2.45, 2.75) is 13.3 Å². The summed E-state index contributed by atoms with van der Waals surface area (Å²) < 4.78 is 18.5. The van der Waals surface area contributed by atoms with E-state index in [1.54, 1.807) is 6.92 Å². The van der Waals surface area contributed by atoms with Gasteiger partial charge in [-0.15, -0.1) is 0 Å². The number of aliphatic hydroxyl groups is 1. The van der Waals surface area contributed by atoms with E-state index in [1.165, 1.54) is 12.1 Å². The number of nitrogens with zero attached hydrogens (tertiary/aromatic N) is 1. The summed E-state index contributed by atoms with van der Waals surface area (Å²) in [5, 5.41) is 19.3. The second kappa shape index (κ2) is 5.83. The second-order valence-corrected chi connectivity index (χ2v) is 4.14. The first-order chi connectivity index (χ1) is 9.60. The SMILES string of the molecule is CCOC(=O)c1cnc2c(CCO)c(F)ccc2c1O. The van der Waals surface area contributed by atoms with E-state index in [9.17, 15) is 14.3 Å². The Morgan fingerprint density at radius 3 is 2.85 bits per heavy atom. The highest BCUT2D eigenvalue weighted by molar-refractivity contribution is 6.00. The molecule has 2 N–H and O–H groups in total. The van der Waals surface area contributed by atoms with Crippen molar-refractivity contribution >= 4 is 16.9 Å². The number of esters is 1. The van der Waals surface area contributed by atoms with Gasteiger partial charge in [-0.1, -0.05) is 0 Å². The average molecular weight is 279 g/mol. The van der Waals surface area contributed by atoms with Crippen molar-refractivity contribution in [1.29, 1.82) is 0 Å². The van der Waals surface area contributed by atoms with Crippen molar-refractivity contribution in [3.05, 3.63) is 35.3 Å². The van der Waals surface area contributed by atoms with Crippen LogP contribution < -0.4 is 0 Å². The number of aliphatic hydroxyl groups excluding tert-OH is 1. The lowest BCUT2D eigenvalue weighted by Crippen LogP contribution is -2.06. The summed E-state index contributed by atoms with van der Waals surface area (Å²) in [7, 11) is 0. The van der Waals surface area contributed by atoms with Gasteiger partial charge in [0.25, 0.3) is 0 Å². The van der Waals surface area contributed by atoms with E-state index in [4.69, 9.17) is 9.84 Å². The molecule has 0 bridgehead atoms. The standard InChI is InChI=1S/C14H14FNO4/c1-2-20-14(19)10-7-16-12-8(5-6-17)11(15)4-3-9(12)13(10)18/h3-4,7,17H,2,5-6H2,1H3,(H,16,18). The Labute approximate surface area is 114 Å². The molecular formula is C14H14FNO4. The lowest BCUT2D eigenvalue weighted by molar-refractivity contribution is 0.0523. The number of carbonyl (C=O) groups is 1. The van der Waals surface area contributed by atoms with Crippen LogP contribution >= 0.6 is 0 Å². The van der Waals surface area contributed by atoms with Crippen LogP contribution in [0.4, 0.5) is 4.39 Å². The number of aromatic hydroxyl groups is 1. The van der Waals surface area contributed by atoms with Crippen LogP contribution in [0.15, 0.2) is 18.3 Å². The summed E-state index contributed by atoms with van der Waals surface area (Å²) in [5.41, 5.74) is 0.362. The van der Waals surface area contributed by atoms with E-state index in [-0.39, 0.29) is 47.4 Å². The predicted molar refractivity (Wildman–Crippen MR) is 70.1 cm³/mol. The normalized spacial score (nSPS) is 10.8. The van der Waals surface area contributed by atoms with Crippen LogP contribution in [0.25, 0.3) is 10.9 Å². The summed E-state index contributed by atoms with van der Waals surface area (Å²) in [6, 6.07) is 2.51. The van der Waals surface area contributed by atoms with Crippen molar-refractivity contribution in [1.82, 2.24) is 4.98 Å². The summed E-state index contributed by atoms with van der Waals surface area (Å²) in [6.07, 6.45) is 1.23. The molecule has 5 nitrogen and oxygen atoms in total. The van der Waals surface area contributed by atoms with Crippen molar-refractivity contribution in [2.75, 3.05) is 13.2 Å². The van der Waals surface area contributed by atoms with Crippen molar-refractivity contribution in [3.63, 3.8) is 0 Å². The molecule has 0 spiro atoms. The molecule has 106 valence electrons. The smallest absolute Gasteiger partial charge is 0.343 e. The quantitative estimate of drug-likeness (QED) is 0.834. The van der Waals surface area contributed by atoms with Crippen LogP contribution in [0.3, 0.4) is 0 Å². The van der Waals surface area contributed by atoms with Crippen LogP contribution in [0.1, 0.15) is 22.8 Å². The van der Waals surface area contributed by atoms with E-state index < -0.39 is 11.8 Å². The maximum atomic E-state index is 13.7. The van der Waals surface area contributed by atoms with Gasteiger partial charge in [-0.05, 0) is 19.1 Å². The molecule has 1 heterocycles. The molecule has 2 aromatic rings. The zero-order valence-electron chi connectivity index (χ0n) is 10.9. The third kappa shape index (κ3) is 2.42. The van der Waals surface area contributed by atoms with Gasteiger partial charge in [-0.3, -0.25) is 4.98 Å².